The van der Waals surface area contributed by atoms with Gasteiger partial charge in [-0.05, 0) is 44.7 Å². The van der Waals surface area contributed by atoms with Crippen molar-refractivity contribution in [1.82, 2.24) is 9.47 Å². The summed E-state index contributed by atoms with van der Waals surface area (Å²) in [5.41, 5.74) is 6.29. The summed E-state index contributed by atoms with van der Waals surface area (Å²) in [5, 5.41) is 0.628. The summed E-state index contributed by atoms with van der Waals surface area (Å²) in [6.45, 7) is 5.18. The third-order valence-corrected chi connectivity index (χ3v) is 4.11. The van der Waals surface area contributed by atoms with Crippen LogP contribution in [0.25, 0.3) is 0 Å². The van der Waals surface area contributed by atoms with E-state index in [1.807, 2.05) is 22.6 Å². The molecule has 0 unspecified atom stereocenters. The first-order valence-electron chi connectivity index (χ1n) is 7.00. The highest BCUT2D eigenvalue weighted by atomic mass is 35.5. The molecule has 1 saturated heterocycles. The minimum absolute atomic E-state index is 0.0972. The molecule has 1 aromatic rings. The van der Waals surface area contributed by atoms with E-state index in [2.05, 4.69) is 0 Å². The molecule has 0 spiro atoms. The molecule has 0 saturated carbocycles. The number of carbonyl (C=O) groups excluding carboxylic acids is 1. The molecule has 1 aromatic heterocycles. The fourth-order valence-corrected chi connectivity index (χ4v) is 2.96. The maximum Gasteiger partial charge on any atom is 0.270 e. The van der Waals surface area contributed by atoms with E-state index in [0.29, 0.717) is 16.6 Å². The Morgan fingerprint density at radius 3 is 2.74 bits per heavy atom. The van der Waals surface area contributed by atoms with E-state index >= 15 is 0 Å². The van der Waals surface area contributed by atoms with Gasteiger partial charge in [-0.25, -0.2) is 0 Å². The van der Waals surface area contributed by atoms with Crippen LogP contribution in [0.15, 0.2) is 12.3 Å². The molecule has 5 heteroatoms. The van der Waals surface area contributed by atoms with E-state index in [1.54, 1.807) is 6.07 Å². The lowest BCUT2D eigenvalue weighted by Crippen LogP contribution is -2.39. The third kappa shape index (κ3) is 3.31. The molecule has 4 nitrogen and oxygen atoms in total. The minimum atomic E-state index is 0.0972. The van der Waals surface area contributed by atoms with Crippen LogP contribution in [-0.4, -0.2) is 35.0 Å². The first-order valence-corrected chi connectivity index (χ1v) is 7.38. The average molecular weight is 284 g/mol. The Balaban J connectivity index is 2.01. The Kier molecular flexibility index (Phi) is 4.88. The van der Waals surface area contributed by atoms with E-state index < -0.39 is 0 Å². The van der Waals surface area contributed by atoms with E-state index in [-0.39, 0.29) is 5.91 Å². The van der Waals surface area contributed by atoms with E-state index in [9.17, 15) is 4.79 Å². The number of carbonyl (C=O) groups is 1. The van der Waals surface area contributed by atoms with Gasteiger partial charge < -0.3 is 15.2 Å². The SMILES string of the molecule is CCn1cc(Cl)cc1C(=O)N1CCC(CCN)CC1. The molecular formula is C14H22ClN3O. The van der Waals surface area contributed by atoms with Gasteiger partial charge in [-0.2, -0.15) is 0 Å². The van der Waals surface area contributed by atoms with Crippen LogP contribution >= 0.6 is 11.6 Å². The van der Waals surface area contributed by atoms with Crippen molar-refractivity contribution < 1.29 is 4.79 Å². The number of likely N-dealkylation sites (tertiary alicyclic amines) is 1. The van der Waals surface area contributed by atoms with Crippen molar-refractivity contribution in [2.24, 2.45) is 11.7 Å². The van der Waals surface area contributed by atoms with Crippen molar-refractivity contribution >= 4 is 17.5 Å². The van der Waals surface area contributed by atoms with Gasteiger partial charge in [-0.3, -0.25) is 4.79 Å². The van der Waals surface area contributed by atoms with Crippen LogP contribution in [0.5, 0.6) is 0 Å². The molecule has 0 radical (unpaired) electrons. The number of piperidine rings is 1. The molecule has 2 N–H and O–H groups in total. The number of rotatable bonds is 4. The van der Waals surface area contributed by atoms with Gasteiger partial charge in [-0.15, -0.1) is 0 Å². The average Bonchev–Trinajstić information content (AvgIpc) is 2.80. The Hall–Kier alpha value is -1.00. The van der Waals surface area contributed by atoms with Crippen molar-refractivity contribution in [3.05, 3.63) is 23.0 Å². The van der Waals surface area contributed by atoms with E-state index in [4.69, 9.17) is 17.3 Å². The quantitative estimate of drug-likeness (QED) is 0.922. The first kappa shape index (κ1) is 14.4. The van der Waals surface area contributed by atoms with Crippen molar-refractivity contribution in [2.75, 3.05) is 19.6 Å². The summed E-state index contributed by atoms with van der Waals surface area (Å²) in [6.07, 6.45) is 5.00. The summed E-state index contributed by atoms with van der Waals surface area (Å²) in [4.78, 5) is 14.4. The molecule has 1 amide bonds. The highest BCUT2D eigenvalue weighted by molar-refractivity contribution is 6.31. The number of halogens is 1. The van der Waals surface area contributed by atoms with Crippen molar-refractivity contribution in [1.29, 1.82) is 0 Å². The van der Waals surface area contributed by atoms with Gasteiger partial charge in [0.2, 0.25) is 0 Å². The van der Waals surface area contributed by atoms with Gasteiger partial charge in [0.05, 0.1) is 5.02 Å². The molecule has 19 heavy (non-hydrogen) atoms. The molecule has 1 fully saturated rings. The number of nitrogens with zero attached hydrogens (tertiary/aromatic N) is 2. The second-order valence-corrected chi connectivity index (χ2v) is 5.58. The number of nitrogens with two attached hydrogens (primary N) is 1. The Labute approximate surface area is 119 Å². The summed E-state index contributed by atoms with van der Waals surface area (Å²) >= 11 is 5.99. The standard InChI is InChI=1S/C14H22ClN3O/c1-2-17-10-12(15)9-13(17)14(19)18-7-4-11(3-6-16)5-8-18/h9-11H,2-8,16H2,1H3. The van der Waals surface area contributed by atoms with Gasteiger partial charge in [0.25, 0.3) is 5.91 Å². The van der Waals surface area contributed by atoms with Gasteiger partial charge in [-0.1, -0.05) is 11.6 Å². The molecule has 106 valence electrons. The number of amides is 1. The lowest BCUT2D eigenvalue weighted by Gasteiger charge is -2.32. The largest absolute Gasteiger partial charge is 0.342 e. The van der Waals surface area contributed by atoms with Gasteiger partial charge in [0, 0.05) is 25.8 Å². The molecule has 0 aliphatic carbocycles. The van der Waals surface area contributed by atoms with Crippen molar-refractivity contribution in [2.45, 2.75) is 32.7 Å². The second kappa shape index (κ2) is 6.44. The molecular weight excluding hydrogens is 262 g/mol. The van der Waals surface area contributed by atoms with Crippen LogP contribution in [0.1, 0.15) is 36.7 Å². The summed E-state index contributed by atoms with van der Waals surface area (Å²) in [5.74, 6) is 0.774. The van der Waals surface area contributed by atoms with Crippen molar-refractivity contribution in [3.8, 4) is 0 Å². The lowest BCUT2D eigenvalue weighted by atomic mass is 9.93. The Bertz CT molecular complexity index is 436. The molecule has 2 heterocycles. The molecule has 0 aromatic carbocycles. The Morgan fingerprint density at radius 1 is 1.47 bits per heavy atom. The van der Waals surface area contributed by atoms with Gasteiger partial charge >= 0.3 is 0 Å². The summed E-state index contributed by atoms with van der Waals surface area (Å²) in [7, 11) is 0. The molecule has 1 aliphatic rings. The fraction of sp³-hybridized carbons (Fsp3) is 0.643. The van der Waals surface area contributed by atoms with Crippen LogP contribution in [0.3, 0.4) is 0 Å². The predicted octanol–water partition coefficient (Wildman–Crippen LogP) is 2.36. The van der Waals surface area contributed by atoms with Crippen LogP contribution in [0.2, 0.25) is 5.02 Å². The number of hydrogen-bond acceptors (Lipinski definition) is 2. The number of hydrogen-bond donors (Lipinski definition) is 1. The zero-order valence-corrected chi connectivity index (χ0v) is 12.2. The fourth-order valence-electron chi connectivity index (χ4n) is 2.74. The maximum atomic E-state index is 12.5. The molecule has 2 rings (SSSR count). The van der Waals surface area contributed by atoms with Crippen LogP contribution < -0.4 is 5.73 Å². The van der Waals surface area contributed by atoms with E-state index in [0.717, 1.165) is 45.4 Å². The molecule has 1 aliphatic heterocycles. The van der Waals surface area contributed by atoms with Crippen LogP contribution in [-0.2, 0) is 6.54 Å². The number of aryl methyl sites for hydroxylation is 1. The highest BCUT2D eigenvalue weighted by Gasteiger charge is 2.25. The van der Waals surface area contributed by atoms with Gasteiger partial charge in [0.1, 0.15) is 5.69 Å². The van der Waals surface area contributed by atoms with Gasteiger partial charge in [0.15, 0.2) is 0 Å². The predicted molar refractivity (Wildman–Crippen MR) is 77.4 cm³/mol. The summed E-state index contributed by atoms with van der Waals surface area (Å²) in [6, 6.07) is 1.76. The Morgan fingerprint density at radius 2 is 2.16 bits per heavy atom. The zero-order chi connectivity index (χ0) is 13.8. The smallest absolute Gasteiger partial charge is 0.270 e. The third-order valence-electron chi connectivity index (χ3n) is 3.90. The van der Waals surface area contributed by atoms with Crippen molar-refractivity contribution in [3.63, 3.8) is 0 Å². The lowest BCUT2D eigenvalue weighted by molar-refractivity contribution is 0.0677. The topological polar surface area (TPSA) is 51.3 Å². The second-order valence-electron chi connectivity index (χ2n) is 5.14. The first-order chi connectivity index (χ1) is 9.15. The molecule has 0 bridgehead atoms. The zero-order valence-electron chi connectivity index (χ0n) is 11.4. The normalized spacial score (nSPS) is 16.9. The maximum absolute atomic E-state index is 12.5. The number of aromatic nitrogens is 1. The summed E-state index contributed by atoms with van der Waals surface area (Å²) < 4.78 is 1.91. The minimum Gasteiger partial charge on any atom is -0.342 e. The van der Waals surface area contributed by atoms with E-state index in [1.165, 1.54) is 0 Å². The van der Waals surface area contributed by atoms with Crippen LogP contribution in [0.4, 0.5) is 0 Å². The van der Waals surface area contributed by atoms with Crippen LogP contribution in [0, 0.1) is 5.92 Å². The highest BCUT2D eigenvalue weighted by Crippen LogP contribution is 2.22. The molecule has 0 atom stereocenters. The monoisotopic (exact) mass is 283 g/mol.